The van der Waals surface area contributed by atoms with Crippen LogP contribution in [0.25, 0.3) is 0 Å². The molecule has 0 aliphatic heterocycles. The first-order valence-corrected chi connectivity index (χ1v) is 4.59. The van der Waals surface area contributed by atoms with E-state index in [-0.39, 0.29) is 5.75 Å². The van der Waals surface area contributed by atoms with Crippen LogP contribution >= 0.6 is 0 Å². The van der Waals surface area contributed by atoms with Gasteiger partial charge >= 0.3 is 0 Å². The molecule has 14 heavy (non-hydrogen) atoms. The van der Waals surface area contributed by atoms with Crippen LogP contribution in [0.15, 0.2) is 12.1 Å². The molecule has 0 saturated heterocycles. The summed E-state index contributed by atoms with van der Waals surface area (Å²) in [7, 11) is 1.51. The molecule has 1 unspecified atom stereocenters. The van der Waals surface area contributed by atoms with Crippen LogP contribution < -0.4 is 4.74 Å². The van der Waals surface area contributed by atoms with Gasteiger partial charge in [-0.05, 0) is 25.5 Å². The Morgan fingerprint density at radius 2 is 2.07 bits per heavy atom. The van der Waals surface area contributed by atoms with E-state index in [0.29, 0.717) is 12.2 Å². The molecule has 1 aromatic carbocycles. The van der Waals surface area contributed by atoms with Gasteiger partial charge in [0.2, 0.25) is 0 Å². The minimum Gasteiger partial charge on any atom is -0.504 e. The second-order valence-electron chi connectivity index (χ2n) is 3.47. The quantitative estimate of drug-likeness (QED) is 0.772. The Morgan fingerprint density at radius 3 is 2.57 bits per heavy atom. The predicted molar refractivity (Wildman–Crippen MR) is 54.8 cm³/mol. The molecule has 0 aliphatic carbocycles. The van der Waals surface area contributed by atoms with E-state index in [0.717, 1.165) is 11.1 Å². The molecule has 0 heterocycles. The summed E-state index contributed by atoms with van der Waals surface area (Å²) in [5, 5.41) is 18.8. The molecule has 0 saturated carbocycles. The average Bonchev–Trinajstić information content (AvgIpc) is 2.11. The van der Waals surface area contributed by atoms with Gasteiger partial charge in [-0.2, -0.15) is 0 Å². The Hall–Kier alpha value is -1.22. The Balaban J connectivity index is 3.16. The van der Waals surface area contributed by atoms with E-state index >= 15 is 0 Å². The third-order valence-electron chi connectivity index (χ3n) is 2.18. The van der Waals surface area contributed by atoms with Crippen molar-refractivity contribution in [3.05, 3.63) is 23.3 Å². The van der Waals surface area contributed by atoms with Gasteiger partial charge in [0.25, 0.3) is 0 Å². The van der Waals surface area contributed by atoms with Crippen LogP contribution in [0.4, 0.5) is 0 Å². The zero-order valence-electron chi connectivity index (χ0n) is 8.74. The van der Waals surface area contributed by atoms with Gasteiger partial charge in [-0.15, -0.1) is 0 Å². The zero-order chi connectivity index (χ0) is 10.7. The highest BCUT2D eigenvalue weighted by Gasteiger charge is 2.12. The molecule has 0 amide bonds. The van der Waals surface area contributed by atoms with Gasteiger partial charge < -0.3 is 14.9 Å². The first-order chi connectivity index (χ1) is 6.56. The molecule has 3 heteroatoms. The summed E-state index contributed by atoms with van der Waals surface area (Å²) in [5.74, 6) is 0.583. The molecule has 0 bridgehead atoms. The molecule has 0 aliphatic rings. The summed E-state index contributed by atoms with van der Waals surface area (Å²) in [5.41, 5.74) is 1.88. The second kappa shape index (κ2) is 4.33. The number of rotatable bonds is 3. The fraction of sp³-hybridized carbons (Fsp3) is 0.455. The SMILES string of the molecule is COc1c(O)ccc(C)c1CC(C)O. The van der Waals surface area contributed by atoms with Crippen molar-refractivity contribution in [2.24, 2.45) is 0 Å². The topological polar surface area (TPSA) is 49.7 Å². The van der Waals surface area contributed by atoms with Crippen LogP contribution in [0, 0.1) is 6.92 Å². The molecular weight excluding hydrogens is 180 g/mol. The van der Waals surface area contributed by atoms with Gasteiger partial charge in [-0.25, -0.2) is 0 Å². The van der Waals surface area contributed by atoms with E-state index in [2.05, 4.69) is 0 Å². The van der Waals surface area contributed by atoms with Crippen molar-refractivity contribution in [2.75, 3.05) is 7.11 Å². The highest BCUT2D eigenvalue weighted by molar-refractivity contribution is 5.49. The van der Waals surface area contributed by atoms with Crippen molar-refractivity contribution in [1.29, 1.82) is 0 Å². The summed E-state index contributed by atoms with van der Waals surface area (Å²) in [4.78, 5) is 0. The third-order valence-corrected chi connectivity index (χ3v) is 2.18. The first kappa shape index (κ1) is 10.9. The lowest BCUT2D eigenvalue weighted by Gasteiger charge is -2.14. The van der Waals surface area contributed by atoms with Gasteiger partial charge in [0.1, 0.15) is 0 Å². The minimum absolute atomic E-state index is 0.119. The molecule has 2 N–H and O–H groups in total. The highest BCUT2D eigenvalue weighted by atomic mass is 16.5. The number of aliphatic hydroxyl groups is 1. The maximum atomic E-state index is 9.52. The van der Waals surface area contributed by atoms with Crippen LogP contribution in [0.1, 0.15) is 18.1 Å². The van der Waals surface area contributed by atoms with E-state index in [1.807, 2.05) is 13.0 Å². The van der Waals surface area contributed by atoms with E-state index in [9.17, 15) is 10.2 Å². The van der Waals surface area contributed by atoms with E-state index in [1.165, 1.54) is 7.11 Å². The van der Waals surface area contributed by atoms with Crippen LogP contribution in [0.3, 0.4) is 0 Å². The molecule has 78 valence electrons. The number of aliphatic hydroxyl groups excluding tert-OH is 1. The number of phenolic OH excluding ortho intramolecular Hbond substituents is 1. The van der Waals surface area contributed by atoms with Crippen molar-refractivity contribution < 1.29 is 14.9 Å². The Morgan fingerprint density at radius 1 is 1.43 bits per heavy atom. The number of methoxy groups -OCH3 is 1. The van der Waals surface area contributed by atoms with Crippen LogP contribution in [-0.4, -0.2) is 23.4 Å². The minimum atomic E-state index is -0.440. The smallest absolute Gasteiger partial charge is 0.164 e. The fourth-order valence-corrected chi connectivity index (χ4v) is 1.49. The Kier molecular flexibility index (Phi) is 3.36. The third kappa shape index (κ3) is 2.17. The molecule has 1 aromatic rings. The number of phenols is 1. The molecule has 0 aromatic heterocycles. The largest absolute Gasteiger partial charge is 0.504 e. The van der Waals surface area contributed by atoms with Gasteiger partial charge in [-0.3, -0.25) is 0 Å². The molecule has 0 fully saturated rings. The average molecular weight is 196 g/mol. The first-order valence-electron chi connectivity index (χ1n) is 4.59. The van der Waals surface area contributed by atoms with Crippen LogP contribution in [0.5, 0.6) is 11.5 Å². The molecule has 1 atom stereocenters. The zero-order valence-corrected chi connectivity index (χ0v) is 8.74. The Bertz CT molecular complexity index is 319. The lowest BCUT2D eigenvalue weighted by atomic mass is 10.0. The predicted octanol–water partition coefficient (Wildman–Crippen LogP) is 1.63. The molecule has 0 spiro atoms. The summed E-state index contributed by atoms with van der Waals surface area (Å²) >= 11 is 0. The fourth-order valence-electron chi connectivity index (χ4n) is 1.49. The summed E-state index contributed by atoms with van der Waals surface area (Å²) in [6.45, 7) is 3.64. The lowest BCUT2D eigenvalue weighted by Crippen LogP contribution is -2.07. The molecule has 1 rings (SSSR count). The van der Waals surface area contributed by atoms with Gasteiger partial charge in [-0.1, -0.05) is 6.07 Å². The van der Waals surface area contributed by atoms with Crippen molar-refractivity contribution >= 4 is 0 Å². The molecule has 0 radical (unpaired) electrons. The number of aromatic hydroxyl groups is 1. The standard InChI is InChI=1S/C11H16O3/c1-7-4-5-10(13)11(14-3)9(7)6-8(2)12/h4-5,8,12-13H,6H2,1-3H3. The summed E-state index contributed by atoms with van der Waals surface area (Å²) < 4.78 is 5.10. The highest BCUT2D eigenvalue weighted by Crippen LogP contribution is 2.32. The van der Waals surface area contributed by atoms with E-state index in [1.54, 1.807) is 13.0 Å². The van der Waals surface area contributed by atoms with Crippen LogP contribution in [-0.2, 0) is 6.42 Å². The molecular formula is C11H16O3. The summed E-state index contributed by atoms with van der Waals surface area (Å²) in [6.07, 6.45) is 0.0491. The number of aryl methyl sites for hydroxylation is 1. The van der Waals surface area contributed by atoms with E-state index < -0.39 is 6.10 Å². The summed E-state index contributed by atoms with van der Waals surface area (Å²) in [6, 6.07) is 3.41. The van der Waals surface area contributed by atoms with E-state index in [4.69, 9.17) is 4.74 Å². The van der Waals surface area contributed by atoms with Crippen molar-refractivity contribution in [1.82, 2.24) is 0 Å². The number of hydrogen-bond acceptors (Lipinski definition) is 3. The monoisotopic (exact) mass is 196 g/mol. The van der Waals surface area contributed by atoms with Crippen molar-refractivity contribution in [3.63, 3.8) is 0 Å². The Labute approximate surface area is 84.0 Å². The lowest BCUT2D eigenvalue weighted by molar-refractivity contribution is 0.193. The maximum Gasteiger partial charge on any atom is 0.164 e. The molecule has 3 nitrogen and oxygen atoms in total. The van der Waals surface area contributed by atoms with Gasteiger partial charge in [0.15, 0.2) is 11.5 Å². The van der Waals surface area contributed by atoms with Crippen molar-refractivity contribution in [3.8, 4) is 11.5 Å². The number of benzene rings is 1. The van der Waals surface area contributed by atoms with Gasteiger partial charge in [0, 0.05) is 12.0 Å². The second-order valence-corrected chi connectivity index (χ2v) is 3.47. The van der Waals surface area contributed by atoms with Crippen molar-refractivity contribution in [2.45, 2.75) is 26.4 Å². The van der Waals surface area contributed by atoms with Crippen LogP contribution in [0.2, 0.25) is 0 Å². The normalized spacial score (nSPS) is 12.6. The maximum absolute atomic E-state index is 9.52. The number of ether oxygens (including phenoxy) is 1. The van der Waals surface area contributed by atoms with Gasteiger partial charge in [0.05, 0.1) is 13.2 Å². The number of hydrogen-bond donors (Lipinski definition) is 2.